The van der Waals surface area contributed by atoms with Gasteiger partial charge in [-0.15, -0.1) is 11.6 Å². The number of halogens is 1. The van der Waals surface area contributed by atoms with Crippen LogP contribution in [-0.2, 0) is 11.3 Å². The molecule has 0 aromatic heterocycles. The van der Waals surface area contributed by atoms with Gasteiger partial charge in [-0.3, -0.25) is 4.79 Å². The molecule has 15 heavy (non-hydrogen) atoms. The number of carbonyl (C=O) groups is 1. The molecule has 0 radical (unpaired) electrons. The first-order chi connectivity index (χ1) is 7.20. The summed E-state index contributed by atoms with van der Waals surface area (Å²) >= 11 is 5.94. The minimum Gasteiger partial charge on any atom is -0.326 e. The number of hydrogen-bond donors (Lipinski definition) is 1. The number of nitrogens with two attached hydrogens (primary N) is 1. The van der Waals surface area contributed by atoms with Gasteiger partial charge in [-0.05, 0) is 17.7 Å². The zero-order valence-corrected chi connectivity index (χ0v) is 9.07. The Morgan fingerprint density at radius 3 is 2.93 bits per heavy atom. The number of hydrogen-bond acceptors (Lipinski definition) is 2. The van der Waals surface area contributed by atoms with E-state index in [4.69, 9.17) is 17.3 Å². The van der Waals surface area contributed by atoms with Crippen LogP contribution in [0.15, 0.2) is 24.3 Å². The van der Waals surface area contributed by atoms with Crippen molar-refractivity contribution in [2.24, 2.45) is 5.73 Å². The molecule has 1 amide bonds. The van der Waals surface area contributed by atoms with Crippen LogP contribution in [0.4, 0.5) is 5.69 Å². The number of alkyl halides is 1. The van der Waals surface area contributed by atoms with Crippen molar-refractivity contribution in [3.8, 4) is 0 Å². The van der Waals surface area contributed by atoms with Crippen LogP contribution < -0.4 is 10.6 Å². The molecule has 2 rings (SSSR count). The molecule has 0 spiro atoms. The average molecular weight is 225 g/mol. The molecule has 1 aromatic rings. The fourth-order valence-corrected chi connectivity index (χ4v) is 2.03. The summed E-state index contributed by atoms with van der Waals surface area (Å²) in [5.41, 5.74) is 7.47. The standard InChI is InChI=1S/C11H13ClN2O/c12-9-5-11(15)14(7-9)10-3-1-2-8(4-10)6-13/h1-4,9H,5-7,13H2. The smallest absolute Gasteiger partial charge is 0.228 e. The maximum atomic E-state index is 11.6. The van der Waals surface area contributed by atoms with Crippen molar-refractivity contribution in [1.82, 2.24) is 0 Å². The Morgan fingerprint density at radius 2 is 2.33 bits per heavy atom. The van der Waals surface area contributed by atoms with Gasteiger partial charge in [0.15, 0.2) is 0 Å². The number of carbonyl (C=O) groups excluding carboxylic acids is 1. The van der Waals surface area contributed by atoms with Crippen molar-refractivity contribution in [2.75, 3.05) is 11.4 Å². The van der Waals surface area contributed by atoms with E-state index in [-0.39, 0.29) is 11.3 Å². The summed E-state index contributed by atoms with van der Waals surface area (Å²) in [4.78, 5) is 13.3. The monoisotopic (exact) mass is 224 g/mol. The predicted molar refractivity (Wildman–Crippen MR) is 60.9 cm³/mol. The van der Waals surface area contributed by atoms with Gasteiger partial charge in [-0.2, -0.15) is 0 Å². The lowest BCUT2D eigenvalue weighted by atomic mass is 10.2. The van der Waals surface area contributed by atoms with Crippen molar-refractivity contribution in [3.05, 3.63) is 29.8 Å². The lowest BCUT2D eigenvalue weighted by molar-refractivity contribution is -0.117. The van der Waals surface area contributed by atoms with Gasteiger partial charge < -0.3 is 10.6 Å². The number of amides is 1. The minimum atomic E-state index is -0.0703. The molecule has 3 nitrogen and oxygen atoms in total. The molecule has 0 bridgehead atoms. The summed E-state index contributed by atoms with van der Waals surface area (Å²) in [6.07, 6.45) is 0.425. The first-order valence-electron chi connectivity index (χ1n) is 4.94. The van der Waals surface area contributed by atoms with Gasteiger partial charge in [0.1, 0.15) is 0 Å². The van der Waals surface area contributed by atoms with Crippen molar-refractivity contribution in [3.63, 3.8) is 0 Å². The maximum absolute atomic E-state index is 11.6. The highest BCUT2D eigenvalue weighted by atomic mass is 35.5. The van der Waals surface area contributed by atoms with Crippen LogP contribution in [0.1, 0.15) is 12.0 Å². The second kappa shape index (κ2) is 4.21. The van der Waals surface area contributed by atoms with Gasteiger partial charge in [-0.25, -0.2) is 0 Å². The molecule has 1 atom stereocenters. The summed E-state index contributed by atoms with van der Waals surface area (Å²) in [6.45, 7) is 1.08. The van der Waals surface area contributed by atoms with Crippen LogP contribution >= 0.6 is 11.6 Å². The Morgan fingerprint density at radius 1 is 1.53 bits per heavy atom. The van der Waals surface area contributed by atoms with E-state index in [2.05, 4.69) is 0 Å². The zero-order chi connectivity index (χ0) is 10.8. The summed E-state index contributed by atoms with van der Waals surface area (Å²) < 4.78 is 0. The quantitative estimate of drug-likeness (QED) is 0.774. The normalized spacial score (nSPS) is 21.1. The molecule has 1 aromatic carbocycles. The largest absolute Gasteiger partial charge is 0.326 e. The van der Waals surface area contributed by atoms with Crippen LogP contribution in [0, 0.1) is 0 Å². The molecule has 1 fully saturated rings. The molecule has 1 unspecified atom stereocenters. The number of nitrogens with zero attached hydrogens (tertiary/aromatic N) is 1. The molecular formula is C11H13ClN2O. The van der Waals surface area contributed by atoms with E-state index in [9.17, 15) is 4.79 Å². The SMILES string of the molecule is NCc1cccc(N2CC(Cl)CC2=O)c1. The fourth-order valence-electron chi connectivity index (χ4n) is 1.76. The highest BCUT2D eigenvalue weighted by Crippen LogP contribution is 2.24. The second-order valence-electron chi connectivity index (χ2n) is 3.68. The summed E-state index contributed by atoms with van der Waals surface area (Å²) in [6, 6.07) is 7.70. The van der Waals surface area contributed by atoms with Gasteiger partial charge in [0.05, 0.1) is 5.38 Å². The van der Waals surface area contributed by atoms with Gasteiger partial charge in [0.2, 0.25) is 5.91 Å². The van der Waals surface area contributed by atoms with Crippen LogP contribution in [0.25, 0.3) is 0 Å². The number of anilines is 1. The predicted octanol–water partition coefficient (Wildman–Crippen LogP) is 1.49. The van der Waals surface area contributed by atoms with E-state index in [1.54, 1.807) is 4.90 Å². The molecule has 1 aliphatic heterocycles. The van der Waals surface area contributed by atoms with Crippen LogP contribution in [0.3, 0.4) is 0 Å². The van der Waals surface area contributed by atoms with E-state index in [0.717, 1.165) is 11.3 Å². The molecule has 1 aliphatic rings. The third-order valence-corrected chi connectivity index (χ3v) is 2.83. The Kier molecular flexibility index (Phi) is 2.93. The van der Waals surface area contributed by atoms with Crippen molar-refractivity contribution < 1.29 is 4.79 Å². The first kappa shape index (κ1) is 10.5. The van der Waals surface area contributed by atoms with E-state index in [1.807, 2.05) is 24.3 Å². The Hall–Kier alpha value is -1.06. The van der Waals surface area contributed by atoms with Crippen molar-refractivity contribution >= 4 is 23.2 Å². The van der Waals surface area contributed by atoms with Crippen LogP contribution in [0.2, 0.25) is 0 Å². The molecule has 2 N–H and O–H groups in total. The van der Waals surface area contributed by atoms with E-state index < -0.39 is 0 Å². The van der Waals surface area contributed by atoms with Crippen molar-refractivity contribution in [2.45, 2.75) is 18.3 Å². The third-order valence-electron chi connectivity index (χ3n) is 2.54. The molecule has 1 saturated heterocycles. The summed E-state index contributed by atoms with van der Waals surface area (Å²) in [5.74, 6) is 0.0872. The summed E-state index contributed by atoms with van der Waals surface area (Å²) in [5, 5.41) is -0.0703. The number of benzene rings is 1. The molecule has 1 heterocycles. The Balaban J connectivity index is 2.25. The highest BCUT2D eigenvalue weighted by molar-refractivity contribution is 6.24. The van der Waals surface area contributed by atoms with E-state index >= 15 is 0 Å². The topological polar surface area (TPSA) is 46.3 Å². The van der Waals surface area contributed by atoms with Crippen LogP contribution in [-0.4, -0.2) is 17.8 Å². The highest BCUT2D eigenvalue weighted by Gasteiger charge is 2.28. The van der Waals surface area contributed by atoms with E-state index in [1.165, 1.54) is 0 Å². The number of rotatable bonds is 2. The lowest BCUT2D eigenvalue weighted by Crippen LogP contribution is -2.24. The average Bonchev–Trinajstić information content (AvgIpc) is 2.58. The van der Waals surface area contributed by atoms with Gasteiger partial charge in [0.25, 0.3) is 0 Å². The minimum absolute atomic E-state index is 0.0703. The van der Waals surface area contributed by atoms with Crippen LogP contribution in [0.5, 0.6) is 0 Å². The second-order valence-corrected chi connectivity index (χ2v) is 4.30. The van der Waals surface area contributed by atoms with E-state index in [0.29, 0.717) is 19.5 Å². The van der Waals surface area contributed by atoms with Gasteiger partial charge in [-0.1, -0.05) is 12.1 Å². The molecule has 0 aliphatic carbocycles. The van der Waals surface area contributed by atoms with Gasteiger partial charge >= 0.3 is 0 Å². The third kappa shape index (κ3) is 2.13. The fraction of sp³-hybridized carbons (Fsp3) is 0.364. The molecule has 0 saturated carbocycles. The zero-order valence-electron chi connectivity index (χ0n) is 8.32. The Labute approximate surface area is 93.8 Å². The Bertz CT molecular complexity index is 381. The van der Waals surface area contributed by atoms with Crippen molar-refractivity contribution in [1.29, 1.82) is 0 Å². The lowest BCUT2D eigenvalue weighted by Gasteiger charge is -2.16. The molecular weight excluding hydrogens is 212 g/mol. The molecule has 80 valence electrons. The first-order valence-corrected chi connectivity index (χ1v) is 5.38. The summed E-state index contributed by atoms with van der Waals surface area (Å²) in [7, 11) is 0. The maximum Gasteiger partial charge on any atom is 0.228 e. The molecule has 4 heteroatoms. The van der Waals surface area contributed by atoms with Gasteiger partial charge in [0, 0.05) is 25.2 Å².